The standard InChI is InChI=1S/C11H20O3/c1-9(11(13)14)7-5-3-4-6-8-10(2)12/h10,12H,1,3-8H2,2H3,(H,13,14). The van der Waals surface area contributed by atoms with Gasteiger partial charge in [0, 0.05) is 5.57 Å². The van der Waals surface area contributed by atoms with Gasteiger partial charge in [-0.05, 0) is 26.2 Å². The lowest BCUT2D eigenvalue weighted by Crippen LogP contribution is -1.99. The number of hydrogen-bond donors (Lipinski definition) is 2. The highest BCUT2D eigenvalue weighted by molar-refractivity contribution is 5.85. The van der Waals surface area contributed by atoms with E-state index in [1.165, 1.54) is 0 Å². The Bertz CT molecular complexity index is 185. The summed E-state index contributed by atoms with van der Waals surface area (Å²) in [6.45, 7) is 5.24. The van der Waals surface area contributed by atoms with Crippen LogP contribution in [0, 0.1) is 0 Å². The van der Waals surface area contributed by atoms with Crippen molar-refractivity contribution < 1.29 is 15.0 Å². The van der Waals surface area contributed by atoms with E-state index in [9.17, 15) is 4.79 Å². The third-order valence-corrected chi connectivity index (χ3v) is 2.15. The summed E-state index contributed by atoms with van der Waals surface area (Å²) in [5.41, 5.74) is 0.292. The first-order chi connectivity index (χ1) is 6.54. The SMILES string of the molecule is C=C(CCCCCCC(C)O)C(=O)O. The molecule has 82 valence electrons. The summed E-state index contributed by atoms with van der Waals surface area (Å²) in [7, 11) is 0. The molecule has 0 rings (SSSR count). The molecule has 0 saturated heterocycles. The van der Waals surface area contributed by atoms with Crippen molar-refractivity contribution in [1.82, 2.24) is 0 Å². The maximum Gasteiger partial charge on any atom is 0.330 e. The van der Waals surface area contributed by atoms with Crippen LogP contribution in [-0.2, 0) is 4.79 Å². The van der Waals surface area contributed by atoms with Crippen molar-refractivity contribution in [1.29, 1.82) is 0 Å². The van der Waals surface area contributed by atoms with E-state index in [4.69, 9.17) is 10.2 Å². The van der Waals surface area contributed by atoms with E-state index in [2.05, 4.69) is 6.58 Å². The molecule has 0 fully saturated rings. The van der Waals surface area contributed by atoms with Gasteiger partial charge in [-0.2, -0.15) is 0 Å². The average Bonchev–Trinajstić information content (AvgIpc) is 2.09. The zero-order valence-electron chi connectivity index (χ0n) is 8.83. The summed E-state index contributed by atoms with van der Waals surface area (Å²) in [6.07, 6.45) is 5.15. The van der Waals surface area contributed by atoms with Gasteiger partial charge in [0.05, 0.1) is 6.10 Å². The second kappa shape index (κ2) is 7.56. The summed E-state index contributed by atoms with van der Waals surface area (Å²) < 4.78 is 0. The lowest BCUT2D eigenvalue weighted by molar-refractivity contribution is -0.132. The fourth-order valence-electron chi connectivity index (χ4n) is 1.24. The number of carbonyl (C=O) groups is 1. The molecule has 0 amide bonds. The van der Waals surface area contributed by atoms with Crippen molar-refractivity contribution in [2.75, 3.05) is 0 Å². The van der Waals surface area contributed by atoms with Gasteiger partial charge < -0.3 is 10.2 Å². The molecule has 0 aromatic carbocycles. The number of aliphatic hydroxyl groups excluding tert-OH is 1. The third-order valence-electron chi connectivity index (χ3n) is 2.15. The molecule has 0 aliphatic carbocycles. The molecular weight excluding hydrogens is 180 g/mol. The first-order valence-corrected chi connectivity index (χ1v) is 5.13. The largest absolute Gasteiger partial charge is 0.478 e. The Labute approximate surface area is 85.4 Å². The molecule has 0 heterocycles. The molecule has 0 spiro atoms. The first-order valence-electron chi connectivity index (χ1n) is 5.13. The van der Waals surface area contributed by atoms with Crippen LogP contribution in [0.4, 0.5) is 0 Å². The van der Waals surface area contributed by atoms with Crippen molar-refractivity contribution in [3.63, 3.8) is 0 Å². The molecule has 1 unspecified atom stereocenters. The van der Waals surface area contributed by atoms with Gasteiger partial charge in [-0.3, -0.25) is 0 Å². The van der Waals surface area contributed by atoms with Crippen LogP contribution in [0.15, 0.2) is 12.2 Å². The van der Waals surface area contributed by atoms with Gasteiger partial charge in [-0.25, -0.2) is 4.79 Å². The fourth-order valence-corrected chi connectivity index (χ4v) is 1.24. The van der Waals surface area contributed by atoms with Crippen LogP contribution in [0.1, 0.15) is 45.4 Å². The monoisotopic (exact) mass is 200 g/mol. The highest BCUT2D eigenvalue weighted by atomic mass is 16.4. The van der Waals surface area contributed by atoms with Crippen LogP contribution in [0.5, 0.6) is 0 Å². The van der Waals surface area contributed by atoms with Crippen molar-refractivity contribution in [2.24, 2.45) is 0 Å². The number of aliphatic carboxylic acids is 1. The minimum absolute atomic E-state index is 0.219. The summed E-state index contributed by atoms with van der Waals surface area (Å²) in [5, 5.41) is 17.5. The minimum Gasteiger partial charge on any atom is -0.478 e. The smallest absolute Gasteiger partial charge is 0.330 e. The van der Waals surface area contributed by atoms with Gasteiger partial charge in [0.1, 0.15) is 0 Å². The van der Waals surface area contributed by atoms with E-state index in [1.54, 1.807) is 6.92 Å². The Morgan fingerprint density at radius 1 is 1.29 bits per heavy atom. The Morgan fingerprint density at radius 3 is 2.36 bits per heavy atom. The van der Waals surface area contributed by atoms with Crippen molar-refractivity contribution in [3.05, 3.63) is 12.2 Å². The minimum atomic E-state index is -0.894. The molecule has 14 heavy (non-hydrogen) atoms. The van der Waals surface area contributed by atoms with E-state index < -0.39 is 5.97 Å². The molecule has 0 radical (unpaired) electrons. The van der Waals surface area contributed by atoms with Gasteiger partial charge in [-0.1, -0.05) is 25.8 Å². The van der Waals surface area contributed by atoms with Gasteiger partial charge in [-0.15, -0.1) is 0 Å². The predicted molar refractivity (Wildman–Crippen MR) is 56.2 cm³/mol. The second-order valence-corrected chi connectivity index (χ2v) is 3.71. The van der Waals surface area contributed by atoms with Crippen LogP contribution in [0.3, 0.4) is 0 Å². The highest BCUT2D eigenvalue weighted by Crippen LogP contribution is 2.10. The topological polar surface area (TPSA) is 57.5 Å². The predicted octanol–water partition coefficient (Wildman–Crippen LogP) is 2.35. The summed E-state index contributed by atoms with van der Waals surface area (Å²) in [6, 6.07) is 0. The average molecular weight is 200 g/mol. The molecule has 0 aromatic heterocycles. The van der Waals surface area contributed by atoms with E-state index >= 15 is 0 Å². The molecule has 0 saturated carbocycles. The summed E-state index contributed by atoms with van der Waals surface area (Å²) in [5.74, 6) is -0.894. The molecule has 3 heteroatoms. The third kappa shape index (κ3) is 7.80. The number of carboxylic acids is 1. The van der Waals surface area contributed by atoms with Crippen molar-refractivity contribution >= 4 is 5.97 Å². The normalized spacial score (nSPS) is 12.4. The molecule has 1 atom stereocenters. The number of hydrogen-bond acceptors (Lipinski definition) is 2. The lowest BCUT2D eigenvalue weighted by Gasteiger charge is -2.03. The molecule has 0 bridgehead atoms. The van der Waals surface area contributed by atoms with Crippen LogP contribution in [-0.4, -0.2) is 22.3 Å². The highest BCUT2D eigenvalue weighted by Gasteiger charge is 2.02. The summed E-state index contributed by atoms with van der Waals surface area (Å²) in [4.78, 5) is 10.4. The first kappa shape index (κ1) is 13.2. The van der Waals surface area contributed by atoms with E-state index in [0.29, 0.717) is 12.0 Å². The maximum atomic E-state index is 10.4. The van der Waals surface area contributed by atoms with E-state index in [0.717, 1.165) is 32.1 Å². The van der Waals surface area contributed by atoms with Crippen LogP contribution in [0.25, 0.3) is 0 Å². The quantitative estimate of drug-likeness (QED) is 0.467. The van der Waals surface area contributed by atoms with E-state index in [-0.39, 0.29) is 6.10 Å². The molecular formula is C11H20O3. The number of unbranched alkanes of at least 4 members (excludes halogenated alkanes) is 3. The van der Waals surface area contributed by atoms with Crippen LogP contribution >= 0.6 is 0 Å². The zero-order chi connectivity index (χ0) is 11.0. The van der Waals surface area contributed by atoms with Gasteiger partial charge in [0.15, 0.2) is 0 Å². The molecule has 0 aliphatic heterocycles. The van der Waals surface area contributed by atoms with Crippen LogP contribution in [0.2, 0.25) is 0 Å². The van der Waals surface area contributed by atoms with E-state index in [1.807, 2.05) is 0 Å². The molecule has 0 aliphatic rings. The molecule has 0 aromatic rings. The Balaban J connectivity index is 3.22. The number of aliphatic hydroxyl groups is 1. The Morgan fingerprint density at radius 2 is 1.86 bits per heavy atom. The maximum absolute atomic E-state index is 10.4. The van der Waals surface area contributed by atoms with Crippen molar-refractivity contribution in [3.8, 4) is 0 Å². The number of carboxylic acid groups (broad SMARTS) is 1. The lowest BCUT2D eigenvalue weighted by atomic mass is 10.1. The number of rotatable bonds is 8. The fraction of sp³-hybridized carbons (Fsp3) is 0.727. The summed E-state index contributed by atoms with van der Waals surface area (Å²) >= 11 is 0. The van der Waals surface area contributed by atoms with Crippen LogP contribution < -0.4 is 0 Å². The molecule has 3 nitrogen and oxygen atoms in total. The van der Waals surface area contributed by atoms with Gasteiger partial charge in [0.2, 0.25) is 0 Å². The Hall–Kier alpha value is -0.830. The van der Waals surface area contributed by atoms with Gasteiger partial charge in [0.25, 0.3) is 0 Å². The van der Waals surface area contributed by atoms with Crippen molar-refractivity contribution in [2.45, 2.75) is 51.6 Å². The second-order valence-electron chi connectivity index (χ2n) is 3.71. The molecule has 2 N–H and O–H groups in total. The zero-order valence-corrected chi connectivity index (χ0v) is 8.83. The van der Waals surface area contributed by atoms with Gasteiger partial charge >= 0.3 is 5.97 Å². The Kier molecular flexibility index (Phi) is 7.11.